The van der Waals surface area contributed by atoms with Crippen molar-refractivity contribution < 1.29 is 9.59 Å². The predicted molar refractivity (Wildman–Crippen MR) is 127 cm³/mol. The van der Waals surface area contributed by atoms with Crippen LogP contribution in [0.3, 0.4) is 0 Å². The van der Waals surface area contributed by atoms with Crippen LogP contribution in [0.15, 0.2) is 42.5 Å². The van der Waals surface area contributed by atoms with Gasteiger partial charge in [-0.15, -0.1) is 0 Å². The molecule has 5 nitrogen and oxygen atoms in total. The van der Waals surface area contributed by atoms with Crippen LogP contribution in [0.5, 0.6) is 0 Å². The van der Waals surface area contributed by atoms with E-state index in [0.29, 0.717) is 11.1 Å². The molecule has 0 bridgehead atoms. The smallest absolute Gasteiger partial charge is 0.255 e. The molecular formula is C24H31N3O2S. The lowest BCUT2D eigenvalue weighted by molar-refractivity contribution is 0.0772. The third-order valence-corrected chi connectivity index (χ3v) is 6.38. The lowest BCUT2D eigenvalue weighted by Crippen LogP contribution is -2.37. The van der Waals surface area contributed by atoms with Crippen LogP contribution in [0.4, 0.5) is 11.4 Å². The van der Waals surface area contributed by atoms with Gasteiger partial charge in [0.15, 0.2) is 0 Å². The fourth-order valence-corrected chi connectivity index (χ4v) is 4.38. The molecule has 0 aliphatic carbocycles. The van der Waals surface area contributed by atoms with E-state index in [1.54, 1.807) is 6.07 Å². The molecule has 1 N–H and O–H groups in total. The number of carbonyl (C=O) groups is 2. The molecule has 2 aromatic rings. The Kier molecular flexibility index (Phi) is 7.80. The van der Waals surface area contributed by atoms with Crippen LogP contribution in [0, 0.1) is 6.92 Å². The lowest BCUT2D eigenvalue weighted by atomic mass is 10.1. The highest BCUT2D eigenvalue weighted by Gasteiger charge is 2.19. The van der Waals surface area contributed by atoms with E-state index < -0.39 is 0 Å². The van der Waals surface area contributed by atoms with Crippen molar-refractivity contribution in [3.63, 3.8) is 0 Å². The number of nitrogens with one attached hydrogen (secondary N) is 1. The Bertz CT molecular complexity index is 877. The Labute approximate surface area is 183 Å². The second-order valence-corrected chi connectivity index (χ2v) is 8.94. The van der Waals surface area contributed by atoms with Crippen molar-refractivity contribution in [2.75, 3.05) is 48.4 Å². The van der Waals surface area contributed by atoms with E-state index in [-0.39, 0.29) is 11.8 Å². The minimum absolute atomic E-state index is 0.0686. The third-order valence-electron chi connectivity index (χ3n) is 5.44. The molecule has 0 atom stereocenters. The molecule has 2 amide bonds. The number of hydrogen-bond donors (Lipinski definition) is 1. The van der Waals surface area contributed by atoms with Crippen LogP contribution in [-0.4, -0.2) is 54.9 Å². The second kappa shape index (κ2) is 10.5. The molecule has 0 saturated carbocycles. The van der Waals surface area contributed by atoms with Gasteiger partial charge in [0.2, 0.25) is 0 Å². The van der Waals surface area contributed by atoms with Gasteiger partial charge in [0.1, 0.15) is 0 Å². The Morgan fingerprint density at radius 1 is 1.07 bits per heavy atom. The fraction of sp³-hybridized carbons (Fsp3) is 0.417. The molecule has 30 heavy (non-hydrogen) atoms. The minimum Gasteiger partial charge on any atom is -0.375 e. The second-order valence-electron chi connectivity index (χ2n) is 7.71. The summed E-state index contributed by atoms with van der Waals surface area (Å²) in [5, 5.41) is 2.97. The number of unbranched alkanes of at least 4 members (excludes halogenated alkanes) is 1. The normalized spacial score (nSPS) is 13.8. The van der Waals surface area contributed by atoms with Crippen molar-refractivity contribution >= 4 is 35.0 Å². The molecule has 0 spiro atoms. The van der Waals surface area contributed by atoms with Gasteiger partial charge in [-0.05, 0) is 61.4 Å². The summed E-state index contributed by atoms with van der Waals surface area (Å²) in [5.41, 5.74) is 4.02. The van der Waals surface area contributed by atoms with Crippen molar-refractivity contribution in [2.45, 2.75) is 26.7 Å². The number of benzene rings is 2. The van der Waals surface area contributed by atoms with Gasteiger partial charge in [0.25, 0.3) is 11.8 Å². The standard InChI is InChI=1S/C24H31N3O2S/c1-4-5-12-26(3)21-9-6-19(7-10-21)23(28)25-22-11-8-20(17-18(22)2)24(29)27-13-15-30-16-14-27/h6-11,17H,4-5,12-16H2,1-3H3,(H,25,28). The van der Waals surface area contributed by atoms with Crippen molar-refractivity contribution in [1.29, 1.82) is 0 Å². The average molecular weight is 426 g/mol. The Morgan fingerprint density at radius 3 is 2.37 bits per heavy atom. The van der Waals surface area contributed by atoms with Crippen LogP contribution < -0.4 is 10.2 Å². The lowest BCUT2D eigenvalue weighted by Gasteiger charge is -2.26. The summed E-state index contributed by atoms with van der Waals surface area (Å²) in [6.45, 7) is 6.70. The number of hydrogen-bond acceptors (Lipinski definition) is 4. The molecule has 1 saturated heterocycles. The first-order valence-corrected chi connectivity index (χ1v) is 11.7. The number of amides is 2. The van der Waals surface area contributed by atoms with Gasteiger partial charge in [-0.25, -0.2) is 0 Å². The van der Waals surface area contributed by atoms with Crippen LogP contribution >= 0.6 is 11.8 Å². The number of aryl methyl sites for hydroxylation is 1. The number of anilines is 2. The molecule has 160 valence electrons. The SMILES string of the molecule is CCCCN(C)c1ccc(C(=O)Nc2ccc(C(=O)N3CCSCC3)cc2C)cc1. The van der Waals surface area contributed by atoms with Gasteiger partial charge < -0.3 is 15.1 Å². The van der Waals surface area contributed by atoms with Gasteiger partial charge in [0.05, 0.1) is 0 Å². The minimum atomic E-state index is -0.145. The van der Waals surface area contributed by atoms with Gasteiger partial charge in [-0.1, -0.05) is 13.3 Å². The number of carbonyl (C=O) groups excluding carboxylic acids is 2. The summed E-state index contributed by atoms with van der Waals surface area (Å²) in [5.74, 6) is 1.91. The summed E-state index contributed by atoms with van der Waals surface area (Å²) in [7, 11) is 2.07. The van der Waals surface area contributed by atoms with E-state index in [0.717, 1.165) is 60.9 Å². The van der Waals surface area contributed by atoms with Crippen molar-refractivity contribution in [1.82, 2.24) is 4.90 Å². The zero-order chi connectivity index (χ0) is 21.5. The molecule has 1 heterocycles. The van der Waals surface area contributed by atoms with Gasteiger partial charge in [0, 0.05) is 60.7 Å². The van der Waals surface area contributed by atoms with Gasteiger partial charge in [-0.3, -0.25) is 9.59 Å². The van der Waals surface area contributed by atoms with Gasteiger partial charge in [-0.2, -0.15) is 11.8 Å². The maximum absolute atomic E-state index is 12.7. The quantitative estimate of drug-likeness (QED) is 0.700. The highest BCUT2D eigenvalue weighted by atomic mass is 32.2. The van der Waals surface area contributed by atoms with Crippen molar-refractivity contribution in [3.8, 4) is 0 Å². The first-order valence-electron chi connectivity index (χ1n) is 10.6. The van der Waals surface area contributed by atoms with E-state index in [1.807, 2.05) is 60.0 Å². The summed E-state index contributed by atoms with van der Waals surface area (Å²) >= 11 is 1.88. The number of nitrogens with zero attached hydrogens (tertiary/aromatic N) is 2. The highest BCUT2D eigenvalue weighted by Crippen LogP contribution is 2.21. The van der Waals surface area contributed by atoms with Crippen LogP contribution in [0.1, 0.15) is 46.0 Å². The molecule has 0 aromatic heterocycles. The number of rotatable bonds is 7. The molecule has 1 aliphatic heterocycles. The summed E-state index contributed by atoms with van der Waals surface area (Å²) in [6.07, 6.45) is 2.30. The fourth-order valence-electron chi connectivity index (χ4n) is 3.47. The van der Waals surface area contributed by atoms with Crippen LogP contribution in [0.2, 0.25) is 0 Å². The third kappa shape index (κ3) is 5.57. The number of thioether (sulfide) groups is 1. The van der Waals surface area contributed by atoms with E-state index in [9.17, 15) is 9.59 Å². The highest BCUT2D eigenvalue weighted by molar-refractivity contribution is 7.99. The Balaban J connectivity index is 1.64. The van der Waals surface area contributed by atoms with Crippen molar-refractivity contribution in [3.05, 3.63) is 59.2 Å². The molecule has 3 rings (SSSR count). The molecular weight excluding hydrogens is 394 g/mol. The molecule has 1 fully saturated rings. The van der Waals surface area contributed by atoms with E-state index in [2.05, 4.69) is 24.2 Å². The Morgan fingerprint density at radius 2 is 1.73 bits per heavy atom. The molecule has 1 aliphatic rings. The maximum Gasteiger partial charge on any atom is 0.255 e. The molecule has 6 heteroatoms. The molecule has 0 unspecified atom stereocenters. The topological polar surface area (TPSA) is 52.7 Å². The van der Waals surface area contributed by atoms with E-state index >= 15 is 0 Å². The summed E-state index contributed by atoms with van der Waals surface area (Å²) < 4.78 is 0. The monoisotopic (exact) mass is 425 g/mol. The molecule has 2 aromatic carbocycles. The zero-order valence-electron chi connectivity index (χ0n) is 18.1. The average Bonchev–Trinajstić information content (AvgIpc) is 2.79. The zero-order valence-corrected chi connectivity index (χ0v) is 18.9. The van der Waals surface area contributed by atoms with E-state index in [4.69, 9.17) is 0 Å². The van der Waals surface area contributed by atoms with Crippen LogP contribution in [-0.2, 0) is 0 Å². The molecule has 0 radical (unpaired) electrons. The first kappa shape index (κ1) is 22.2. The van der Waals surface area contributed by atoms with E-state index in [1.165, 1.54) is 0 Å². The van der Waals surface area contributed by atoms with Crippen LogP contribution in [0.25, 0.3) is 0 Å². The van der Waals surface area contributed by atoms with Gasteiger partial charge >= 0.3 is 0 Å². The van der Waals surface area contributed by atoms with Crippen molar-refractivity contribution in [2.24, 2.45) is 0 Å². The Hall–Kier alpha value is -2.47. The summed E-state index contributed by atoms with van der Waals surface area (Å²) in [4.78, 5) is 29.5. The largest absolute Gasteiger partial charge is 0.375 e. The first-order chi connectivity index (χ1) is 14.5. The summed E-state index contributed by atoms with van der Waals surface area (Å²) in [6, 6.07) is 13.2. The maximum atomic E-state index is 12.7. The predicted octanol–water partition coefficient (Wildman–Crippen LogP) is 4.67.